The van der Waals surface area contributed by atoms with Gasteiger partial charge in [0.2, 0.25) is 0 Å². The standard InChI is InChI=1S/C17H12ClNO2S2/c18-11-5-6-14-12(8-11)10(7-16(20)21-14)9-22-17-19-13-3-1-2-4-15(13)23-17/h1-6,8,10H,7,9H2. The average molecular weight is 362 g/mol. The lowest BCUT2D eigenvalue weighted by Crippen LogP contribution is -2.21. The number of hydrogen-bond donors (Lipinski definition) is 0. The minimum Gasteiger partial charge on any atom is -0.426 e. The van der Waals surface area contributed by atoms with E-state index in [1.165, 1.54) is 4.70 Å². The molecule has 1 aliphatic heterocycles. The molecule has 0 saturated carbocycles. The summed E-state index contributed by atoms with van der Waals surface area (Å²) in [5.41, 5.74) is 2.03. The van der Waals surface area contributed by atoms with E-state index in [-0.39, 0.29) is 11.9 Å². The van der Waals surface area contributed by atoms with Crippen LogP contribution in [0.1, 0.15) is 17.9 Å². The van der Waals surface area contributed by atoms with Gasteiger partial charge in [0.1, 0.15) is 5.75 Å². The molecule has 1 aromatic heterocycles. The summed E-state index contributed by atoms with van der Waals surface area (Å²) in [7, 11) is 0. The number of nitrogens with zero attached hydrogens (tertiary/aromatic N) is 1. The minimum atomic E-state index is -0.185. The van der Waals surface area contributed by atoms with Crippen LogP contribution < -0.4 is 4.74 Å². The third kappa shape index (κ3) is 3.09. The van der Waals surface area contributed by atoms with Crippen LogP contribution in [-0.2, 0) is 4.79 Å². The van der Waals surface area contributed by atoms with Gasteiger partial charge in [0.25, 0.3) is 0 Å². The Bertz CT molecular complexity index is 860. The first-order valence-electron chi connectivity index (χ1n) is 7.17. The van der Waals surface area contributed by atoms with Gasteiger partial charge in [-0.1, -0.05) is 35.5 Å². The number of hydrogen-bond acceptors (Lipinski definition) is 5. The zero-order valence-electron chi connectivity index (χ0n) is 12.0. The molecule has 0 aliphatic carbocycles. The molecule has 2 heterocycles. The van der Waals surface area contributed by atoms with Gasteiger partial charge in [-0.05, 0) is 30.3 Å². The van der Waals surface area contributed by atoms with Crippen LogP contribution in [0.5, 0.6) is 5.75 Å². The van der Waals surface area contributed by atoms with E-state index in [1.54, 1.807) is 35.2 Å². The highest BCUT2D eigenvalue weighted by atomic mass is 35.5. The molecule has 0 fully saturated rings. The molecule has 0 N–H and O–H groups in total. The number of carbonyl (C=O) groups excluding carboxylic acids is 1. The summed E-state index contributed by atoms with van der Waals surface area (Å²) in [5, 5.41) is 0.664. The zero-order chi connectivity index (χ0) is 15.8. The van der Waals surface area contributed by atoms with Crippen molar-refractivity contribution in [3.05, 3.63) is 53.1 Å². The summed E-state index contributed by atoms with van der Waals surface area (Å²) in [6.45, 7) is 0. The lowest BCUT2D eigenvalue weighted by Gasteiger charge is -2.24. The molecule has 6 heteroatoms. The van der Waals surface area contributed by atoms with E-state index < -0.39 is 0 Å². The highest BCUT2D eigenvalue weighted by Gasteiger charge is 2.27. The summed E-state index contributed by atoms with van der Waals surface area (Å²) in [4.78, 5) is 16.4. The molecule has 0 amide bonds. The van der Waals surface area contributed by atoms with Crippen LogP contribution >= 0.6 is 34.7 Å². The van der Waals surface area contributed by atoms with Crippen LogP contribution in [0.2, 0.25) is 5.02 Å². The Hall–Kier alpha value is -1.56. The zero-order valence-corrected chi connectivity index (χ0v) is 14.4. The van der Waals surface area contributed by atoms with Gasteiger partial charge in [0.15, 0.2) is 4.34 Å². The maximum absolute atomic E-state index is 11.8. The highest BCUT2D eigenvalue weighted by Crippen LogP contribution is 2.40. The Balaban J connectivity index is 1.57. The maximum Gasteiger partial charge on any atom is 0.311 e. The van der Waals surface area contributed by atoms with Crippen LogP contribution in [0.15, 0.2) is 46.8 Å². The number of thiazole rings is 1. The first-order chi connectivity index (χ1) is 11.2. The number of halogens is 1. The molecule has 1 atom stereocenters. The van der Waals surface area contributed by atoms with Gasteiger partial charge >= 0.3 is 5.97 Å². The van der Waals surface area contributed by atoms with Crippen molar-refractivity contribution in [1.82, 2.24) is 4.98 Å². The fourth-order valence-electron chi connectivity index (χ4n) is 2.64. The summed E-state index contributed by atoms with van der Waals surface area (Å²) < 4.78 is 7.50. The van der Waals surface area contributed by atoms with Gasteiger partial charge in [-0.2, -0.15) is 0 Å². The molecule has 3 aromatic rings. The number of carbonyl (C=O) groups is 1. The lowest BCUT2D eigenvalue weighted by molar-refractivity contribution is -0.135. The van der Waals surface area contributed by atoms with E-state index in [9.17, 15) is 4.79 Å². The van der Waals surface area contributed by atoms with E-state index in [0.29, 0.717) is 17.2 Å². The van der Waals surface area contributed by atoms with Gasteiger partial charge < -0.3 is 4.74 Å². The van der Waals surface area contributed by atoms with Crippen LogP contribution in [0, 0.1) is 0 Å². The Morgan fingerprint density at radius 3 is 3.04 bits per heavy atom. The molecule has 0 saturated heterocycles. The topological polar surface area (TPSA) is 39.2 Å². The minimum absolute atomic E-state index is 0.0990. The summed E-state index contributed by atoms with van der Waals surface area (Å²) in [6, 6.07) is 13.5. The fraction of sp³-hybridized carbons (Fsp3) is 0.176. The van der Waals surface area contributed by atoms with Crippen LogP contribution in [0.25, 0.3) is 10.2 Å². The Labute approximate surface area is 146 Å². The summed E-state index contributed by atoms with van der Waals surface area (Å²) in [5.74, 6) is 1.32. The molecule has 2 aromatic carbocycles. The quantitative estimate of drug-likeness (QED) is 0.368. The Kier molecular flexibility index (Phi) is 4.01. The van der Waals surface area contributed by atoms with Gasteiger partial charge in [-0.25, -0.2) is 4.98 Å². The van der Waals surface area contributed by atoms with Crippen molar-refractivity contribution in [2.45, 2.75) is 16.7 Å². The van der Waals surface area contributed by atoms with E-state index in [0.717, 1.165) is 21.2 Å². The van der Waals surface area contributed by atoms with Crippen molar-refractivity contribution >= 4 is 50.9 Å². The molecule has 0 radical (unpaired) electrons. The SMILES string of the molecule is O=C1CC(CSc2nc3ccccc3s2)c2cc(Cl)ccc2O1. The third-order valence-electron chi connectivity index (χ3n) is 3.73. The van der Waals surface area contributed by atoms with Crippen molar-refractivity contribution in [3.8, 4) is 5.75 Å². The number of thioether (sulfide) groups is 1. The number of para-hydroxylation sites is 1. The number of esters is 1. The number of ether oxygens (including phenoxy) is 1. The van der Waals surface area contributed by atoms with Crippen molar-refractivity contribution in [1.29, 1.82) is 0 Å². The van der Waals surface area contributed by atoms with E-state index >= 15 is 0 Å². The van der Waals surface area contributed by atoms with E-state index in [2.05, 4.69) is 11.1 Å². The molecule has 1 aliphatic rings. The second-order valence-corrected chi connectivity index (χ2v) is 8.05. The largest absolute Gasteiger partial charge is 0.426 e. The predicted molar refractivity (Wildman–Crippen MR) is 94.8 cm³/mol. The lowest BCUT2D eigenvalue weighted by atomic mass is 9.95. The normalized spacial score (nSPS) is 17.1. The first kappa shape index (κ1) is 15.0. The predicted octanol–water partition coefficient (Wildman–Crippen LogP) is 5.13. The number of aromatic nitrogens is 1. The van der Waals surface area contributed by atoms with Gasteiger partial charge in [-0.3, -0.25) is 4.79 Å². The van der Waals surface area contributed by atoms with E-state index in [1.807, 2.05) is 24.3 Å². The molecule has 3 nitrogen and oxygen atoms in total. The van der Waals surface area contributed by atoms with Crippen molar-refractivity contribution in [2.75, 3.05) is 5.75 Å². The van der Waals surface area contributed by atoms with Gasteiger partial charge in [0, 0.05) is 22.3 Å². The third-order valence-corrected chi connectivity index (χ3v) is 6.31. The summed E-state index contributed by atoms with van der Waals surface area (Å²) >= 11 is 9.45. The highest BCUT2D eigenvalue weighted by molar-refractivity contribution is 8.01. The summed E-state index contributed by atoms with van der Waals surface area (Å²) in [6.07, 6.45) is 0.380. The Morgan fingerprint density at radius 2 is 2.17 bits per heavy atom. The second kappa shape index (κ2) is 6.15. The monoisotopic (exact) mass is 361 g/mol. The smallest absolute Gasteiger partial charge is 0.311 e. The van der Waals surface area contributed by atoms with E-state index in [4.69, 9.17) is 16.3 Å². The molecule has 23 heavy (non-hydrogen) atoms. The average Bonchev–Trinajstić information content (AvgIpc) is 2.96. The molecule has 0 bridgehead atoms. The van der Waals surface area contributed by atoms with Crippen LogP contribution in [0.4, 0.5) is 0 Å². The van der Waals surface area contributed by atoms with Crippen molar-refractivity contribution < 1.29 is 9.53 Å². The molecular formula is C17H12ClNO2S2. The second-order valence-electron chi connectivity index (χ2n) is 5.32. The van der Waals surface area contributed by atoms with Gasteiger partial charge in [-0.15, -0.1) is 11.3 Å². The fourth-order valence-corrected chi connectivity index (χ4v) is 5.03. The molecule has 4 rings (SSSR count). The molecule has 116 valence electrons. The van der Waals surface area contributed by atoms with Gasteiger partial charge in [0.05, 0.1) is 16.6 Å². The molecular weight excluding hydrogens is 350 g/mol. The molecule has 1 unspecified atom stereocenters. The molecule has 0 spiro atoms. The van der Waals surface area contributed by atoms with Crippen LogP contribution in [-0.4, -0.2) is 16.7 Å². The number of benzene rings is 2. The van der Waals surface area contributed by atoms with Crippen molar-refractivity contribution in [2.24, 2.45) is 0 Å². The number of fused-ring (bicyclic) bond motifs is 2. The number of rotatable bonds is 3. The first-order valence-corrected chi connectivity index (χ1v) is 9.35. The van der Waals surface area contributed by atoms with Crippen LogP contribution in [0.3, 0.4) is 0 Å². The maximum atomic E-state index is 11.8. The van der Waals surface area contributed by atoms with Crippen molar-refractivity contribution in [3.63, 3.8) is 0 Å². The Morgan fingerprint density at radius 1 is 1.30 bits per heavy atom.